The second-order valence-electron chi connectivity index (χ2n) is 6.67. The van der Waals surface area contributed by atoms with Crippen LogP contribution < -0.4 is 10.6 Å². The van der Waals surface area contributed by atoms with Gasteiger partial charge in [0.25, 0.3) is 5.91 Å². The predicted octanol–water partition coefficient (Wildman–Crippen LogP) is 3.25. The molecule has 1 aliphatic rings. The number of hydrogen-bond donors (Lipinski definition) is 2. The Hall–Kier alpha value is -3.13. The molecule has 0 aliphatic carbocycles. The van der Waals surface area contributed by atoms with Crippen LogP contribution in [0.4, 0.5) is 18.9 Å². The molecule has 1 aliphatic heterocycles. The second kappa shape index (κ2) is 7.47. The number of imidazole rings is 1. The van der Waals surface area contributed by atoms with Crippen LogP contribution in [0.1, 0.15) is 27.2 Å². The van der Waals surface area contributed by atoms with E-state index in [2.05, 4.69) is 15.6 Å². The van der Waals surface area contributed by atoms with E-state index < -0.39 is 17.5 Å². The zero-order valence-electron chi connectivity index (χ0n) is 14.8. The summed E-state index contributed by atoms with van der Waals surface area (Å²) in [6.07, 6.45) is 3.75. The first-order valence-electron chi connectivity index (χ1n) is 8.78. The van der Waals surface area contributed by atoms with Gasteiger partial charge in [0, 0.05) is 25.0 Å². The van der Waals surface area contributed by atoms with Crippen LogP contribution in [0, 0.1) is 17.5 Å². The quantitative estimate of drug-likeness (QED) is 0.677. The number of carbonyl (C=O) groups is 1. The van der Waals surface area contributed by atoms with Gasteiger partial charge in [-0.15, -0.1) is 0 Å². The lowest BCUT2D eigenvalue weighted by Crippen LogP contribution is -2.23. The van der Waals surface area contributed by atoms with Crippen LogP contribution in [-0.2, 0) is 19.5 Å². The normalized spacial score (nSPS) is 13.2. The first-order valence-corrected chi connectivity index (χ1v) is 8.78. The van der Waals surface area contributed by atoms with Crippen LogP contribution in [-0.4, -0.2) is 22.0 Å². The minimum atomic E-state index is -1.50. The number of halogens is 3. The highest BCUT2D eigenvalue weighted by Crippen LogP contribution is 2.20. The summed E-state index contributed by atoms with van der Waals surface area (Å²) >= 11 is 0. The Labute approximate surface area is 159 Å². The number of fused-ring (bicyclic) bond motifs is 1. The maximum Gasteiger partial charge on any atom is 0.275 e. The third kappa shape index (κ3) is 3.77. The van der Waals surface area contributed by atoms with Crippen molar-refractivity contribution in [3.8, 4) is 0 Å². The van der Waals surface area contributed by atoms with Crippen molar-refractivity contribution in [3.63, 3.8) is 0 Å². The zero-order chi connectivity index (χ0) is 19.7. The van der Waals surface area contributed by atoms with Crippen LogP contribution >= 0.6 is 0 Å². The van der Waals surface area contributed by atoms with Crippen molar-refractivity contribution in [2.24, 2.45) is 0 Å². The number of hydrogen-bond acceptors (Lipinski definition) is 3. The molecule has 0 saturated heterocycles. The van der Waals surface area contributed by atoms with E-state index in [-0.39, 0.29) is 23.7 Å². The molecule has 0 atom stereocenters. The topological polar surface area (TPSA) is 59.0 Å². The van der Waals surface area contributed by atoms with Gasteiger partial charge in [-0.25, -0.2) is 18.2 Å². The third-order valence-corrected chi connectivity index (χ3v) is 4.63. The Morgan fingerprint density at radius 1 is 1.14 bits per heavy atom. The van der Waals surface area contributed by atoms with Gasteiger partial charge < -0.3 is 15.2 Å². The molecule has 2 aromatic carbocycles. The second-order valence-corrected chi connectivity index (χ2v) is 6.67. The van der Waals surface area contributed by atoms with E-state index in [0.29, 0.717) is 5.69 Å². The highest BCUT2D eigenvalue weighted by atomic mass is 19.2. The molecule has 8 heteroatoms. The summed E-state index contributed by atoms with van der Waals surface area (Å²) < 4.78 is 41.2. The van der Waals surface area contributed by atoms with E-state index >= 15 is 0 Å². The van der Waals surface area contributed by atoms with Gasteiger partial charge in [-0.2, -0.15) is 0 Å². The smallest absolute Gasteiger partial charge is 0.275 e. The molecule has 1 aromatic heterocycles. The largest absolute Gasteiger partial charge is 0.332 e. The molecule has 0 spiro atoms. The lowest BCUT2D eigenvalue weighted by Gasteiger charge is -2.17. The number of aromatic nitrogens is 2. The Kier molecular flexibility index (Phi) is 4.87. The van der Waals surface area contributed by atoms with Gasteiger partial charge >= 0.3 is 0 Å². The van der Waals surface area contributed by atoms with Gasteiger partial charge in [0.15, 0.2) is 17.5 Å². The third-order valence-electron chi connectivity index (χ3n) is 4.63. The van der Waals surface area contributed by atoms with E-state index in [4.69, 9.17) is 0 Å². The lowest BCUT2D eigenvalue weighted by molar-refractivity contribution is 0.102. The minimum Gasteiger partial charge on any atom is -0.332 e. The summed E-state index contributed by atoms with van der Waals surface area (Å²) in [7, 11) is 0. The Bertz CT molecular complexity index is 1020. The summed E-state index contributed by atoms with van der Waals surface area (Å²) in [5.41, 5.74) is 3.49. The molecule has 0 bridgehead atoms. The van der Waals surface area contributed by atoms with Crippen molar-refractivity contribution >= 4 is 11.6 Å². The fourth-order valence-electron chi connectivity index (χ4n) is 3.22. The van der Waals surface area contributed by atoms with E-state index in [9.17, 15) is 18.0 Å². The van der Waals surface area contributed by atoms with Gasteiger partial charge in [0.05, 0.1) is 6.33 Å². The van der Waals surface area contributed by atoms with Crippen LogP contribution in [0.15, 0.2) is 42.9 Å². The van der Waals surface area contributed by atoms with Gasteiger partial charge in [-0.3, -0.25) is 4.79 Å². The van der Waals surface area contributed by atoms with Crippen LogP contribution in [0.2, 0.25) is 0 Å². The van der Waals surface area contributed by atoms with Crippen molar-refractivity contribution < 1.29 is 18.0 Å². The molecule has 4 rings (SSSR count). The number of carbonyl (C=O) groups excluding carboxylic acids is 1. The Balaban J connectivity index is 1.46. The number of rotatable bonds is 4. The monoisotopic (exact) mass is 386 g/mol. The molecular formula is C20H17F3N4O. The summed E-state index contributed by atoms with van der Waals surface area (Å²) in [5, 5.41) is 6.10. The SMILES string of the molecule is O=C(Nc1ccc2c(c1)CCNC2)c1cn(Cc2cc(F)c(F)c(F)c2)cn1. The molecular weight excluding hydrogens is 369 g/mol. The molecule has 28 heavy (non-hydrogen) atoms. The fraction of sp³-hybridized carbons (Fsp3) is 0.200. The average Bonchev–Trinajstić information content (AvgIpc) is 3.14. The van der Waals surface area contributed by atoms with Gasteiger partial charge in [0.1, 0.15) is 5.69 Å². The molecule has 0 fully saturated rings. The molecule has 2 N–H and O–H groups in total. The maximum atomic E-state index is 13.3. The van der Waals surface area contributed by atoms with Gasteiger partial charge in [-0.1, -0.05) is 6.07 Å². The maximum absolute atomic E-state index is 13.3. The zero-order valence-corrected chi connectivity index (χ0v) is 14.8. The van der Waals surface area contributed by atoms with E-state index in [1.165, 1.54) is 28.2 Å². The number of nitrogens with zero attached hydrogens (tertiary/aromatic N) is 2. The van der Waals surface area contributed by atoms with Crippen LogP contribution in [0.25, 0.3) is 0 Å². The molecule has 0 saturated carbocycles. The molecule has 1 amide bonds. The number of benzene rings is 2. The van der Waals surface area contributed by atoms with E-state index in [0.717, 1.165) is 31.6 Å². The van der Waals surface area contributed by atoms with Crippen molar-refractivity contribution in [1.29, 1.82) is 0 Å². The molecule has 3 aromatic rings. The summed E-state index contributed by atoms with van der Waals surface area (Å²) in [4.78, 5) is 16.5. The standard InChI is InChI=1S/C20H17F3N4O/c21-16-5-12(6-17(22)19(16)23)9-27-10-18(25-11-27)20(28)26-15-2-1-14-8-24-4-3-13(14)7-15/h1-2,5-7,10-11,24H,3-4,8-9H2,(H,26,28). The lowest BCUT2D eigenvalue weighted by atomic mass is 10.0. The molecule has 144 valence electrons. The number of anilines is 1. The van der Waals surface area contributed by atoms with Crippen molar-refractivity contribution in [1.82, 2.24) is 14.9 Å². The average molecular weight is 386 g/mol. The summed E-state index contributed by atoms with van der Waals surface area (Å²) in [6, 6.07) is 7.60. The first kappa shape index (κ1) is 18.2. The molecule has 0 radical (unpaired) electrons. The predicted molar refractivity (Wildman–Crippen MR) is 97.5 cm³/mol. The number of amides is 1. The molecule has 5 nitrogen and oxygen atoms in total. The molecule has 0 unspecified atom stereocenters. The first-order chi connectivity index (χ1) is 13.5. The molecule has 2 heterocycles. The Morgan fingerprint density at radius 3 is 2.71 bits per heavy atom. The van der Waals surface area contributed by atoms with Gasteiger partial charge in [-0.05, 0) is 53.9 Å². The highest BCUT2D eigenvalue weighted by molar-refractivity contribution is 6.02. The number of nitrogens with one attached hydrogen (secondary N) is 2. The fourth-order valence-corrected chi connectivity index (χ4v) is 3.22. The summed E-state index contributed by atoms with van der Waals surface area (Å²) in [5.74, 6) is -4.40. The Morgan fingerprint density at radius 2 is 1.93 bits per heavy atom. The van der Waals surface area contributed by atoms with Crippen LogP contribution in [0.5, 0.6) is 0 Å². The minimum absolute atomic E-state index is 0.0558. The van der Waals surface area contributed by atoms with Crippen molar-refractivity contribution in [2.75, 3.05) is 11.9 Å². The highest BCUT2D eigenvalue weighted by Gasteiger charge is 2.14. The van der Waals surface area contributed by atoms with Crippen molar-refractivity contribution in [2.45, 2.75) is 19.5 Å². The van der Waals surface area contributed by atoms with Crippen molar-refractivity contribution in [3.05, 3.63) is 82.7 Å². The van der Waals surface area contributed by atoms with Crippen LogP contribution in [0.3, 0.4) is 0 Å². The summed E-state index contributed by atoms with van der Waals surface area (Å²) in [6.45, 7) is 1.78. The van der Waals surface area contributed by atoms with E-state index in [1.54, 1.807) is 0 Å². The van der Waals surface area contributed by atoms with Gasteiger partial charge in [0.2, 0.25) is 0 Å². The van der Waals surface area contributed by atoms with E-state index in [1.807, 2.05) is 18.2 Å².